The van der Waals surface area contributed by atoms with Crippen LogP contribution in [0.15, 0.2) is 42.5 Å². The second kappa shape index (κ2) is 8.24. The minimum absolute atomic E-state index is 0.0764. The van der Waals surface area contributed by atoms with Crippen LogP contribution in [0.1, 0.15) is 29.3 Å². The van der Waals surface area contributed by atoms with Gasteiger partial charge >= 0.3 is 0 Å². The number of carbonyl (C=O) groups is 2. The number of benzene rings is 2. The van der Waals surface area contributed by atoms with Gasteiger partial charge in [-0.25, -0.2) is 4.98 Å². The lowest BCUT2D eigenvalue weighted by Gasteiger charge is -2.10. The fourth-order valence-corrected chi connectivity index (χ4v) is 3.52. The van der Waals surface area contributed by atoms with E-state index in [0.29, 0.717) is 17.1 Å². The number of nitrogens with one attached hydrogen (secondary N) is 3. The second-order valence-corrected chi connectivity index (χ2v) is 7.32. The van der Waals surface area contributed by atoms with E-state index in [9.17, 15) is 9.59 Å². The van der Waals surface area contributed by atoms with Crippen LogP contribution in [0.3, 0.4) is 0 Å². The van der Waals surface area contributed by atoms with E-state index in [2.05, 4.69) is 20.9 Å². The van der Waals surface area contributed by atoms with Gasteiger partial charge in [-0.1, -0.05) is 36.0 Å². The lowest BCUT2D eigenvalue weighted by atomic mass is 10.1. The molecule has 6 nitrogen and oxygen atoms in total. The van der Waals surface area contributed by atoms with Gasteiger partial charge in [0.1, 0.15) is 0 Å². The van der Waals surface area contributed by atoms with Crippen molar-refractivity contribution in [3.63, 3.8) is 0 Å². The number of thiocarbonyl (C=S) groups is 1. The van der Waals surface area contributed by atoms with Crippen molar-refractivity contribution < 1.29 is 9.59 Å². The second-order valence-electron chi connectivity index (χ2n) is 5.88. The Balaban J connectivity index is 1.67. The number of thiazole rings is 1. The summed E-state index contributed by atoms with van der Waals surface area (Å²) in [6, 6.07) is 12.8. The highest BCUT2D eigenvalue weighted by Crippen LogP contribution is 2.28. The van der Waals surface area contributed by atoms with Crippen molar-refractivity contribution in [1.82, 2.24) is 10.3 Å². The van der Waals surface area contributed by atoms with Gasteiger partial charge in [0.15, 0.2) is 10.2 Å². The number of hydrogen-bond acceptors (Lipinski definition) is 5. The van der Waals surface area contributed by atoms with Crippen LogP contribution in [-0.4, -0.2) is 21.9 Å². The average Bonchev–Trinajstić information content (AvgIpc) is 3.02. The first kappa shape index (κ1) is 18.9. The highest BCUT2D eigenvalue weighted by Gasteiger charge is 2.10. The number of amides is 2. The zero-order valence-electron chi connectivity index (χ0n) is 14.8. The SMILES string of the molecule is CCC(=O)Nc1nc2ccc(NC(=S)NC(=O)c3cccc(C)c3)cc2s1. The number of carbonyl (C=O) groups excluding carboxylic acids is 2. The van der Waals surface area contributed by atoms with Crippen molar-refractivity contribution in [2.24, 2.45) is 0 Å². The summed E-state index contributed by atoms with van der Waals surface area (Å²) in [7, 11) is 0. The summed E-state index contributed by atoms with van der Waals surface area (Å²) in [5, 5.41) is 9.20. The molecule has 3 aromatic rings. The maximum atomic E-state index is 12.3. The van der Waals surface area contributed by atoms with Crippen LogP contribution in [0, 0.1) is 6.92 Å². The molecule has 1 aromatic heterocycles. The van der Waals surface area contributed by atoms with E-state index in [4.69, 9.17) is 12.2 Å². The van der Waals surface area contributed by atoms with E-state index in [1.54, 1.807) is 19.1 Å². The molecule has 0 spiro atoms. The summed E-state index contributed by atoms with van der Waals surface area (Å²) in [5.74, 6) is -0.341. The van der Waals surface area contributed by atoms with Crippen LogP contribution in [0.2, 0.25) is 0 Å². The fourth-order valence-electron chi connectivity index (χ4n) is 2.39. The summed E-state index contributed by atoms with van der Waals surface area (Å²) < 4.78 is 0.902. The Labute approximate surface area is 166 Å². The molecule has 0 bridgehead atoms. The van der Waals surface area contributed by atoms with Crippen molar-refractivity contribution in [3.8, 4) is 0 Å². The molecular formula is C19H18N4O2S2. The third kappa shape index (κ3) is 4.87. The molecule has 0 atom stereocenters. The first-order valence-electron chi connectivity index (χ1n) is 8.34. The Morgan fingerprint density at radius 1 is 1.15 bits per heavy atom. The first-order valence-corrected chi connectivity index (χ1v) is 9.56. The Kier molecular flexibility index (Phi) is 5.78. The third-order valence-corrected chi connectivity index (χ3v) is 4.86. The lowest BCUT2D eigenvalue weighted by molar-refractivity contribution is -0.115. The Morgan fingerprint density at radius 3 is 2.70 bits per heavy atom. The molecule has 27 heavy (non-hydrogen) atoms. The van der Waals surface area contributed by atoms with E-state index in [1.807, 2.05) is 37.3 Å². The number of aryl methyl sites for hydroxylation is 1. The molecule has 0 saturated carbocycles. The van der Waals surface area contributed by atoms with Crippen molar-refractivity contribution >= 4 is 61.5 Å². The minimum Gasteiger partial charge on any atom is -0.332 e. The molecule has 0 radical (unpaired) electrons. The molecule has 0 unspecified atom stereocenters. The van der Waals surface area contributed by atoms with Crippen molar-refractivity contribution in [2.45, 2.75) is 20.3 Å². The summed E-state index contributed by atoms with van der Waals surface area (Å²) in [6.07, 6.45) is 0.400. The smallest absolute Gasteiger partial charge is 0.257 e. The molecule has 0 aliphatic rings. The fraction of sp³-hybridized carbons (Fsp3) is 0.158. The van der Waals surface area contributed by atoms with E-state index < -0.39 is 0 Å². The normalized spacial score (nSPS) is 10.4. The van der Waals surface area contributed by atoms with Gasteiger partial charge in [-0.05, 0) is 49.5 Å². The van der Waals surface area contributed by atoms with E-state index in [0.717, 1.165) is 21.5 Å². The number of nitrogens with zero attached hydrogens (tertiary/aromatic N) is 1. The van der Waals surface area contributed by atoms with E-state index in [1.165, 1.54) is 11.3 Å². The maximum Gasteiger partial charge on any atom is 0.257 e. The molecule has 0 saturated heterocycles. The van der Waals surface area contributed by atoms with Crippen LogP contribution in [-0.2, 0) is 4.79 Å². The van der Waals surface area contributed by atoms with Crippen LogP contribution in [0.25, 0.3) is 10.2 Å². The van der Waals surface area contributed by atoms with Crippen LogP contribution >= 0.6 is 23.6 Å². The van der Waals surface area contributed by atoms with Crippen molar-refractivity contribution in [1.29, 1.82) is 0 Å². The predicted octanol–water partition coefficient (Wildman–Crippen LogP) is 4.08. The maximum absolute atomic E-state index is 12.3. The summed E-state index contributed by atoms with van der Waals surface area (Å²) in [5.41, 5.74) is 3.07. The highest BCUT2D eigenvalue weighted by atomic mass is 32.1. The first-order chi connectivity index (χ1) is 12.9. The topological polar surface area (TPSA) is 83.1 Å². The molecule has 138 valence electrons. The summed E-state index contributed by atoms with van der Waals surface area (Å²) >= 11 is 6.61. The third-order valence-electron chi connectivity index (χ3n) is 3.72. The van der Waals surface area contributed by atoms with Gasteiger partial charge in [-0.2, -0.15) is 0 Å². The Morgan fingerprint density at radius 2 is 1.96 bits per heavy atom. The van der Waals surface area contributed by atoms with Gasteiger partial charge in [0.05, 0.1) is 10.2 Å². The average molecular weight is 399 g/mol. The van der Waals surface area contributed by atoms with Crippen LogP contribution in [0.4, 0.5) is 10.8 Å². The molecule has 0 aliphatic carbocycles. The van der Waals surface area contributed by atoms with Crippen LogP contribution in [0.5, 0.6) is 0 Å². The molecule has 2 aromatic carbocycles. The van der Waals surface area contributed by atoms with Gasteiger partial charge in [-0.3, -0.25) is 14.9 Å². The molecule has 1 heterocycles. The van der Waals surface area contributed by atoms with Gasteiger partial charge in [0, 0.05) is 17.7 Å². The summed E-state index contributed by atoms with van der Waals surface area (Å²) in [4.78, 5) is 28.1. The number of aromatic nitrogens is 1. The molecule has 0 fully saturated rings. The zero-order chi connectivity index (χ0) is 19.4. The number of fused-ring (bicyclic) bond motifs is 1. The Hall–Kier alpha value is -2.84. The molecule has 8 heteroatoms. The van der Waals surface area contributed by atoms with Crippen LogP contribution < -0.4 is 16.0 Å². The molecule has 3 N–H and O–H groups in total. The van der Waals surface area contributed by atoms with Gasteiger partial charge in [-0.15, -0.1) is 0 Å². The molecular weight excluding hydrogens is 380 g/mol. The van der Waals surface area contributed by atoms with Crippen molar-refractivity contribution in [3.05, 3.63) is 53.6 Å². The quantitative estimate of drug-likeness (QED) is 0.577. The standard InChI is InChI=1S/C19H18N4O2S2/c1-3-16(24)22-19-21-14-8-7-13(10-15(14)27-19)20-18(26)23-17(25)12-6-4-5-11(2)9-12/h4-10H,3H2,1-2H3,(H,21,22,24)(H2,20,23,25,26). The number of hydrogen-bond donors (Lipinski definition) is 3. The number of rotatable bonds is 4. The van der Waals surface area contributed by atoms with Gasteiger partial charge in [0.25, 0.3) is 5.91 Å². The molecule has 2 amide bonds. The highest BCUT2D eigenvalue weighted by molar-refractivity contribution is 7.80. The van der Waals surface area contributed by atoms with E-state index >= 15 is 0 Å². The molecule has 0 aliphatic heterocycles. The van der Waals surface area contributed by atoms with Crippen molar-refractivity contribution in [2.75, 3.05) is 10.6 Å². The minimum atomic E-state index is -0.264. The monoisotopic (exact) mass is 398 g/mol. The zero-order valence-corrected chi connectivity index (χ0v) is 16.5. The lowest BCUT2D eigenvalue weighted by Crippen LogP contribution is -2.34. The largest absolute Gasteiger partial charge is 0.332 e. The van der Waals surface area contributed by atoms with E-state index in [-0.39, 0.29) is 16.9 Å². The number of anilines is 2. The summed E-state index contributed by atoms with van der Waals surface area (Å²) in [6.45, 7) is 3.71. The molecule has 3 rings (SSSR count). The van der Waals surface area contributed by atoms with Gasteiger partial charge < -0.3 is 10.6 Å². The Bertz CT molecular complexity index is 1030. The predicted molar refractivity (Wildman–Crippen MR) is 113 cm³/mol. The van der Waals surface area contributed by atoms with Gasteiger partial charge in [0.2, 0.25) is 5.91 Å².